The maximum atomic E-state index is 9.75. The maximum Gasteiger partial charge on any atom is 0.0590 e. The third kappa shape index (κ3) is 1.91. The minimum absolute atomic E-state index is 0.145. The van der Waals surface area contributed by atoms with Gasteiger partial charge in [-0.3, -0.25) is 4.90 Å². The second kappa shape index (κ2) is 3.94. The smallest absolute Gasteiger partial charge is 0.0590 e. The molecule has 0 aromatic heterocycles. The molecule has 3 nitrogen and oxygen atoms in total. The molecule has 3 rings (SSSR count). The summed E-state index contributed by atoms with van der Waals surface area (Å²) in [5, 5.41) is 9.75. The summed E-state index contributed by atoms with van der Waals surface area (Å²) in [4.78, 5) is 5.00. The van der Waals surface area contributed by atoms with E-state index in [0.29, 0.717) is 6.04 Å². The lowest BCUT2D eigenvalue weighted by Crippen LogP contribution is -2.62. The zero-order valence-corrected chi connectivity index (χ0v) is 12.3. The molecule has 3 heteroatoms. The molecule has 0 aromatic rings. The second-order valence-corrected chi connectivity index (χ2v) is 7.76. The quantitative estimate of drug-likeness (QED) is 0.820. The van der Waals surface area contributed by atoms with Crippen LogP contribution in [0.4, 0.5) is 0 Å². The fourth-order valence-electron chi connectivity index (χ4n) is 4.20. The third-order valence-corrected chi connectivity index (χ3v) is 5.91. The average molecular weight is 252 g/mol. The lowest BCUT2D eigenvalue weighted by atomic mass is 9.76. The van der Waals surface area contributed by atoms with Gasteiger partial charge in [-0.15, -0.1) is 0 Å². The number of aliphatic hydroxyl groups is 1. The Labute approximate surface area is 111 Å². The van der Waals surface area contributed by atoms with Crippen LogP contribution in [0, 0.1) is 16.7 Å². The minimum atomic E-state index is -0.173. The normalized spacial score (nSPS) is 36.8. The van der Waals surface area contributed by atoms with Gasteiger partial charge in [-0.05, 0) is 45.1 Å². The Morgan fingerprint density at radius 2 is 1.83 bits per heavy atom. The molecule has 1 spiro atoms. The van der Waals surface area contributed by atoms with Crippen LogP contribution in [0.15, 0.2) is 0 Å². The third-order valence-electron chi connectivity index (χ3n) is 5.91. The first kappa shape index (κ1) is 12.9. The Morgan fingerprint density at radius 3 is 2.33 bits per heavy atom. The number of hydrogen-bond acceptors (Lipinski definition) is 3. The molecule has 1 aliphatic carbocycles. The molecular formula is C15H28N2O. The number of aliphatic hydroxyl groups excluding tert-OH is 1. The average Bonchev–Trinajstić information content (AvgIpc) is 2.86. The van der Waals surface area contributed by atoms with E-state index in [9.17, 15) is 5.11 Å². The number of nitrogens with zero attached hydrogens (tertiary/aromatic N) is 2. The molecule has 18 heavy (non-hydrogen) atoms. The first-order chi connectivity index (χ1) is 8.35. The molecule has 3 atom stereocenters. The first-order valence-electron chi connectivity index (χ1n) is 7.45. The maximum absolute atomic E-state index is 9.75. The highest BCUT2D eigenvalue weighted by atomic mass is 16.3. The van der Waals surface area contributed by atoms with Crippen molar-refractivity contribution in [2.75, 3.05) is 33.2 Å². The van der Waals surface area contributed by atoms with Crippen LogP contribution in [-0.2, 0) is 0 Å². The molecule has 3 unspecified atom stereocenters. The van der Waals surface area contributed by atoms with E-state index >= 15 is 0 Å². The highest BCUT2D eigenvalue weighted by Gasteiger charge is 2.60. The van der Waals surface area contributed by atoms with Crippen molar-refractivity contribution in [3.63, 3.8) is 0 Å². The van der Waals surface area contributed by atoms with Crippen molar-refractivity contribution < 1.29 is 5.11 Å². The van der Waals surface area contributed by atoms with E-state index in [1.54, 1.807) is 0 Å². The van der Waals surface area contributed by atoms with Gasteiger partial charge < -0.3 is 10.0 Å². The van der Waals surface area contributed by atoms with Crippen molar-refractivity contribution in [1.82, 2.24) is 9.80 Å². The molecular weight excluding hydrogens is 224 g/mol. The van der Waals surface area contributed by atoms with Crippen LogP contribution in [-0.4, -0.2) is 60.3 Å². The van der Waals surface area contributed by atoms with E-state index in [1.165, 1.54) is 25.9 Å². The Morgan fingerprint density at radius 1 is 1.22 bits per heavy atom. The van der Waals surface area contributed by atoms with Crippen molar-refractivity contribution in [2.24, 2.45) is 16.7 Å². The molecule has 0 aromatic carbocycles. The van der Waals surface area contributed by atoms with E-state index in [-0.39, 0.29) is 11.5 Å². The summed E-state index contributed by atoms with van der Waals surface area (Å²) < 4.78 is 0. The zero-order valence-electron chi connectivity index (χ0n) is 12.3. The van der Waals surface area contributed by atoms with Crippen LogP contribution >= 0.6 is 0 Å². The van der Waals surface area contributed by atoms with E-state index < -0.39 is 0 Å². The lowest BCUT2D eigenvalue weighted by Gasteiger charge is -2.53. The Bertz CT molecular complexity index is 329. The summed E-state index contributed by atoms with van der Waals surface area (Å²) in [6, 6.07) is 0.701. The van der Waals surface area contributed by atoms with Gasteiger partial charge >= 0.3 is 0 Å². The molecule has 0 bridgehead atoms. The largest absolute Gasteiger partial charge is 0.393 e. The summed E-state index contributed by atoms with van der Waals surface area (Å²) in [5.74, 6) is 0.974. The van der Waals surface area contributed by atoms with Crippen LogP contribution in [0.5, 0.6) is 0 Å². The monoisotopic (exact) mass is 252 g/mol. The summed E-state index contributed by atoms with van der Waals surface area (Å²) in [6.45, 7) is 11.3. The fraction of sp³-hybridized carbons (Fsp3) is 1.00. The van der Waals surface area contributed by atoms with Gasteiger partial charge in [0, 0.05) is 37.6 Å². The van der Waals surface area contributed by atoms with Gasteiger partial charge in [-0.2, -0.15) is 0 Å². The van der Waals surface area contributed by atoms with Crippen LogP contribution in [0.3, 0.4) is 0 Å². The molecule has 104 valence electrons. The zero-order chi connectivity index (χ0) is 13.1. The van der Waals surface area contributed by atoms with Gasteiger partial charge in [0.25, 0.3) is 0 Å². The van der Waals surface area contributed by atoms with Crippen molar-refractivity contribution in [3.8, 4) is 0 Å². The SMILES string of the molecule is CC(CC1CC12CN(C)C2)N1CC(C)(C(C)O)C1. The molecule has 3 fully saturated rings. The van der Waals surface area contributed by atoms with Crippen molar-refractivity contribution in [1.29, 1.82) is 0 Å². The van der Waals surface area contributed by atoms with E-state index in [0.717, 1.165) is 24.4 Å². The Balaban J connectivity index is 1.43. The molecule has 0 radical (unpaired) electrons. The van der Waals surface area contributed by atoms with Crippen LogP contribution in [0.2, 0.25) is 0 Å². The first-order valence-corrected chi connectivity index (χ1v) is 7.45. The van der Waals surface area contributed by atoms with E-state index in [4.69, 9.17) is 0 Å². The molecule has 2 saturated heterocycles. The van der Waals surface area contributed by atoms with Gasteiger partial charge in [-0.25, -0.2) is 0 Å². The molecule has 2 heterocycles. The fourth-order valence-corrected chi connectivity index (χ4v) is 4.20. The predicted octanol–water partition coefficient (Wildman–Crippen LogP) is 1.42. The Kier molecular flexibility index (Phi) is 2.82. The van der Waals surface area contributed by atoms with Crippen molar-refractivity contribution in [2.45, 2.75) is 45.8 Å². The van der Waals surface area contributed by atoms with E-state index in [2.05, 4.69) is 30.7 Å². The number of rotatable bonds is 4. The van der Waals surface area contributed by atoms with E-state index in [1.807, 2.05) is 6.92 Å². The second-order valence-electron chi connectivity index (χ2n) is 7.76. The summed E-state index contributed by atoms with van der Waals surface area (Å²) >= 11 is 0. The van der Waals surface area contributed by atoms with Gasteiger partial charge in [0.05, 0.1) is 6.10 Å². The molecule has 2 aliphatic heterocycles. The minimum Gasteiger partial charge on any atom is -0.393 e. The van der Waals surface area contributed by atoms with Crippen molar-refractivity contribution >= 4 is 0 Å². The van der Waals surface area contributed by atoms with Gasteiger partial charge in [-0.1, -0.05) is 6.92 Å². The topological polar surface area (TPSA) is 26.7 Å². The van der Waals surface area contributed by atoms with Gasteiger partial charge in [0.15, 0.2) is 0 Å². The van der Waals surface area contributed by atoms with Crippen LogP contribution in [0.1, 0.15) is 33.6 Å². The molecule has 1 N–H and O–H groups in total. The number of hydrogen-bond donors (Lipinski definition) is 1. The summed E-state index contributed by atoms with van der Waals surface area (Å²) in [6.07, 6.45) is 2.65. The molecule has 3 aliphatic rings. The molecule has 0 amide bonds. The van der Waals surface area contributed by atoms with Gasteiger partial charge in [0.2, 0.25) is 0 Å². The Hall–Kier alpha value is -0.120. The van der Waals surface area contributed by atoms with Crippen LogP contribution < -0.4 is 0 Å². The van der Waals surface area contributed by atoms with Crippen LogP contribution in [0.25, 0.3) is 0 Å². The van der Waals surface area contributed by atoms with Gasteiger partial charge in [0.1, 0.15) is 0 Å². The van der Waals surface area contributed by atoms with Crippen molar-refractivity contribution in [3.05, 3.63) is 0 Å². The molecule has 1 saturated carbocycles. The highest BCUT2D eigenvalue weighted by Crippen LogP contribution is 2.60. The number of likely N-dealkylation sites (tertiary alicyclic amines) is 2. The standard InChI is InChI=1S/C15H28N2O/c1-11(17-7-14(3,8-17)12(2)18)5-13-6-15(13)9-16(4)10-15/h11-13,18H,5-10H2,1-4H3. The predicted molar refractivity (Wildman–Crippen MR) is 73.5 cm³/mol. The lowest BCUT2D eigenvalue weighted by molar-refractivity contribution is -0.0907. The summed E-state index contributed by atoms with van der Waals surface area (Å²) in [5.41, 5.74) is 0.869. The summed E-state index contributed by atoms with van der Waals surface area (Å²) in [7, 11) is 2.23. The highest BCUT2D eigenvalue weighted by molar-refractivity contribution is 5.12.